The zero-order chi connectivity index (χ0) is 22.1. The van der Waals surface area contributed by atoms with Crippen LogP contribution in [0.1, 0.15) is 18.1 Å². The van der Waals surface area contributed by atoms with Gasteiger partial charge < -0.3 is 23.5 Å². The molecule has 0 aliphatic rings. The lowest BCUT2D eigenvalue weighted by Crippen LogP contribution is -2.26. The maximum absolute atomic E-state index is 11.3. The fourth-order valence-electron chi connectivity index (χ4n) is 2.74. The first-order valence-electron chi connectivity index (χ1n) is 9.34. The van der Waals surface area contributed by atoms with Gasteiger partial charge in [-0.25, -0.2) is 4.79 Å². The van der Waals surface area contributed by atoms with E-state index in [2.05, 4.69) is 0 Å². The van der Waals surface area contributed by atoms with Crippen LogP contribution in [0.15, 0.2) is 42.5 Å². The molecule has 1 unspecified atom stereocenters. The van der Waals surface area contributed by atoms with E-state index in [1.54, 1.807) is 37.3 Å². The van der Waals surface area contributed by atoms with Gasteiger partial charge in [0.25, 0.3) is 0 Å². The summed E-state index contributed by atoms with van der Waals surface area (Å²) < 4.78 is 43.6. The van der Waals surface area contributed by atoms with E-state index in [0.29, 0.717) is 31.1 Å². The minimum absolute atomic E-state index is 0.131. The second kappa shape index (κ2) is 10.8. The van der Waals surface area contributed by atoms with Gasteiger partial charge in [-0.05, 0) is 42.3 Å². The Morgan fingerprint density at radius 1 is 1.07 bits per heavy atom. The molecule has 0 heterocycles. The lowest BCUT2D eigenvalue weighted by atomic mass is 10.1. The summed E-state index contributed by atoms with van der Waals surface area (Å²) in [6.45, 7) is 2.49. The molecule has 0 aliphatic carbocycles. The van der Waals surface area contributed by atoms with E-state index in [1.807, 2.05) is 12.1 Å². The average molecular weight is 438 g/mol. The van der Waals surface area contributed by atoms with Crippen molar-refractivity contribution in [2.45, 2.75) is 25.9 Å². The Labute approximate surface area is 176 Å². The van der Waals surface area contributed by atoms with Gasteiger partial charge in [0.05, 0.1) is 20.0 Å². The van der Waals surface area contributed by atoms with E-state index in [4.69, 9.17) is 23.5 Å². The monoisotopic (exact) mass is 438 g/mol. The van der Waals surface area contributed by atoms with Crippen LogP contribution in [-0.2, 0) is 32.5 Å². The van der Waals surface area contributed by atoms with Gasteiger partial charge in [-0.3, -0.25) is 0 Å². The quantitative estimate of drug-likeness (QED) is 0.504. The van der Waals surface area contributed by atoms with Crippen LogP contribution in [0, 0.1) is 0 Å². The van der Waals surface area contributed by atoms with Crippen LogP contribution in [0.5, 0.6) is 17.2 Å². The number of benzene rings is 2. The molecule has 0 amide bonds. The highest BCUT2D eigenvalue weighted by Crippen LogP contribution is 2.29. The van der Waals surface area contributed by atoms with E-state index in [-0.39, 0.29) is 12.2 Å². The van der Waals surface area contributed by atoms with E-state index in [0.717, 1.165) is 17.4 Å². The van der Waals surface area contributed by atoms with Gasteiger partial charge in [0.2, 0.25) is 0 Å². The molecule has 2 aromatic rings. The first kappa shape index (κ1) is 23.5. The highest BCUT2D eigenvalue weighted by atomic mass is 32.2. The Kier molecular flexibility index (Phi) is 8.49. The number of hydrogen-bond donors (Lipinski definition) is 1. The number of hydrogen-bond acceptors (Lipinski definition) is 7. The van der Waals surface area contributed by atoms with Crippen LogP contribution in [0.4, 0.5) is 0 Å². The van der Waals surface area contributed by atoms with Gasteiger partial charge in [0.1, 0.15) is 5.75 Å². The summed E-state index contributed by atoms with van der Waals surface area (Å²) in [7, 11) is -2.20. The minimum atomic E-state index is -3.64. The molecule has 164 valence electrons. The summed E-state index contributed by atoms with van der Waals surface area (Å²) >= 11 is 0. The van der Waals surface area contributed by atoms with Gasteiger partial charge in [-0.15, -0.1) is 0 Å². The molecular weight excluding hydrogens is 412 g/mol. The van der Waals surface area contributed by atoms with Crippen molar-refractivity contribution >= 4 is 16.1 Å². The maximum atomic E-state index is 11.3. The van der Waals surface area contributed by atoms with Crippen molar-refractivity contribution in [3.63, 3.8) is 0 Å². The highest BCUT2D eigenvalue weighted by Gasteiger charge is 2.17. The van der Waals surface area contributed by atoms with Crippen LogP contribution in [-0.4, -0.2) is 52.2 Å². The summed E-state index contributed by atoms with van der Waals surface area (Å²) in [6.07, 6.45) is 0.956. The van der Waals surface area contributed by atoms with Crippen molar-refractivity contribution < 1.29 is 36.7 Å². The van der Waals surface area contributed by atoms with Crippen LogP contribution in [0.2, 0.25) is 0 Å². The van der Waals surface area contributed by atoms with Gasteiger partial charge in [0.15, 0.2) is 17.6 Å². The molecule has 1 atom stereocenters. The molecule has 0 aliphatic heterocycles. The number of rotatable bonds is 12. The molecule has 2 aromatic carbocycles. The van der Waals surface area contributed by atoms with Gasteiger partial charge >= 0.3 is 16.1 Å². The first-order chi connectivity index (χ1) is 14.2. The Morgan fingerprint density at radius 3 is 2.30 bits per heavy atom. The predicted molar refractivity (Wildman–Crippen MR) is 111 cm³/mol. The molecule has 0 aromatic heterocycles. The van der Waals surface area contributed by atoms with E-state index in [1.165, 1.54) is 7.11 Å². The molecule has 0 fully saturated rings. The van der Waals surface area contributed by atoms with Crippen molar-refractivity contribution in [1.29, 1.82) is 0 Å². The maximum Gasteiger partial charge on any atom is 0.333 e. The van der Waals surface area contributed by atoms with Crippen LogP contribution < -0.4 is 13.7 Å². The number of methoxy groups -OCH3 is 1. The summed E-state index contributed by atoms with van der Waals surface area (Å²) in [5.41, 5.74) is 1.74. The van der Waals surface area contributed by atoms with Crippen LogP contribution >= 0.6 is 0 Å². The molecule has 30 heavy (non-hydrogen) atoms. The third-order valence-electron chi connectivity index (χ3n) is 4.12. The zero-order valence-corrected chi connectivity index (χ0v) is 18.0. The molecule has 0 radical (unpaired) electrons. The third-order valence-corrected chi connectivity index (χ3v) is 4.60. The lowest BCUT2D eigenvalue weighted by molar-refractivity contribution is -0.149. The first-order valence-corrected chi connectivity index (χ1v) is 11.2. The van der Waals surface area contributed by atoms with Gasteiger partial charge in [-0.1, -0.05) is 18.2 Å². The average Bonchev–Trinajstić information content (AvgIpc) is 2.68. The fraction of sp³-hybridized carbons (Fsp3) is 0.381. The summed E-state index contributed by atoms with van der Waals surface area (Å²) in [5, 5.41) is 9.16. The number of carboxylic acids is 1. The summed E-state index contributed by atoms with van der Waals surface area (Å²) in [6, 6.07) is 12.2. The second-order valence-corrected chi connectivity index (χ2v) is 8.08. The molecule has 0 saturated carbocycles. The van der Waals surface area contributed by atoms with E-state index in [9.17, 15) is 13.2 Å². The largest absolute Gasteiger partial charge is 0.493 e. The van der Waals surface area contributed by atoms with E-state index < -0.39 is 22.2 Å². The van der Waals surface area contributed by atoms with Gasteiger partial charge in [0, 0.05) is 19.4 Å². The molecule has 1 N–H and O–H groups in total. The third kappa shape index (κ3) is 7.57. The predicted octanol–water partition coefficient (Wildman–Crippen LogP) is 2.69. The SMILES string of the molecule is CCOC(Cc1ccc(OCCc2ccc(OS(C)(=O)=O)c(OC)c2)cc1)C(=O)O. The van der Waals surface area contributed by atoms with Gasteiger partial charge in [-0.2, -0.15) is 8.42 Å². The number of carboxylic acid groups (broad SMARTS) is 1. The number of aliphatic carboxylic acids is 1. The number of carbonyl (C=O) groups is 1. The van der Waals surface area contributed by atoms with Crippen molar-refractivity contribution in [1.82, 2.24) is 0 Å². The van der Waals surface area contributed by atoms with Crippen molar-refractivity contribution in [3.05, 3.63) is 53.6 Å². The minimum Gasteiger partial charge on any atom is -0.493 e. The standard InChI is InChI=1S/C21H26O8S/c1-4-27-20(21(22)23)14-15-5-8-17(9-6-15)28-12-11-16-7-10-18(19(13-16)26-2)29-30(3,24)25/h5-10,13,20H,4,11-12,14H2,1-3H3,(H,22,23). The fourth-order valence-corrected chi connectivity index (χ4v) is 3.20. The number of ether oxygens (including phenoxy) is 3. The summed E-state index contributed by atoms with van der Waals surface area (Å²) in [5.74, 6) is 0.128. The van der Waals surface area contributed by atoms with Crippen molar-refractivity contribution in [2.24, 2.45) is 0 Å². The molecule has 0 bridgehead atoms. The molecular formula is C21H26O8S. The Morgan fingerprint density at radius 2 is 1.73 bits per heavy atom. The smallest absolute Gasteiger partial charge is 0.333 e. The topological polar surface area (TPSA) is 108 Å². The van der Waals surface area contributed by atoms with E-state index >= 15 is 0 Å². The second-order valence-electron chi connectivity index (χ2n) is 6.50. The normalized spacial score (nSPS) is 12.2. The van der Waals surface area contributed by atoms with Crippen LogP contribution in [0.25, 0.3) is 0 Å². The Balaban J connectivity index is 1.91. The highest BCUT2D eigenvalue weighted by molar-refractivity contribution is 7.86. The Bertz CT molecular complexity index is 938. The zero-order valence-electron chi connectivity index (χ0n) is 17.2. The molecule has 9 heteroatoms. The molecule has 8 nitrogen and oxygen atoms in total. The molecule has 0 saturated heterocycles. The molecule has 0 spiro atoms. The van der Waals surface area contributed by atoms with Crippen molar-refractivity contribution in [2.75, 3.05) is 26.6 Å². The summed E-state index contributed by atoms with van der Waals surface area (Å²) in [4.78, 5) is 11.2. The van der Waals surface area contributed by atoms with Crippen LogP contribution in [0.3, 0.4) is 0 Å². The lowest BCUT2D eigenvalue weighted by Gasteiger charge is -2.13. The van der Waals surface area contributed by atoms with Crippen molar-refractivity contribution in [3.8, 4) is 17.2 Å². The Hall–Kier alpha value is -2.78. The molecule has 2 rings (SSSR count).